The summed E-state index contributed by atoms with van der Waals surface area (Å²) in [6.07, 6.45) is 0. The van der Waals surface area contributed by atoms with E-state index in [4.69, 9.17) is 11.5 Å². The lowest BCUT2D eigenvalue weighted by Gasteiger charge is -2.22. The van der Waals surface area contributed by atoms with E-state index in [0.29, 0.717) is 0 Å². The van der Waals surface area contributed by atoms with Gasteiger partial charge in [-0.15, -0.1) is 0 Å². The van der Waals surface area contributed by atoms with E-state index in [1.54, 1.807) is 0 Å². The number of hydrogen-bond donors (Lipinski definition) is 2. The molecule has 0 heterocycles. The Balaban J connectivity index is 1.92. The number of rotatable bonds is 4. The van der Waals surface area contributed by atoms with E-state index in [0.717, 1.165) is 11.4 Å². The van der Waals surface area contributed by atoms with E-state index in [1.165, 1.54) is 27.8 Å². The summed E-state index contributed by atoms with van der Waals surface area (Å²) < 4.78 is 0. The van der Waals surface area contributed by atoms with Crippen LogP contribution < -0.4 is 11.5 Å². The van der Waals surface area contributed by atoms with E-state index >= 15 is 0 Å². The van der Waals surface area contributed by atoms with Gasteiger partial charge in [0.25, 0.3) is 0 Å². The van der Waals surface area contributed by atoms with Crippen LogP contribution in [0.2, 0.25) is 0 Å². The topological polar surface area (TPSA) is 52.0 Å². The molecule has 4 rings (SSSR count). The second-order valence-electron chi connectivity index (χ2n) is 6.72. The minimum absolute atomic E-state index is 0.0996. The van der Waals surface area contributed by atoms with Crippen molar-refractivity contribution in [2.75, 3.05) is 11.5 Å². The Morgan fingerprint density at radius 2 is 0.963 bits per heavy atom. The van der Waals surface area contributed by atoms with Gasteiger partial charge >= 0.3 is 0 Å². The molecule has 2 heteroatoms. The number of nitrogens with two attached hydrogens (primary N) is 2. The van der Waals surface area contributed by atoms with Crippen molar-refractivity contribution in [1.29, 1.82) is 0 Å². The van der Waals surface area contributed by atoms with E-state index < -0.39 is 0 Å². The standard InChI is InChI=1S/C25H22N2/c26-21-14-10-19(11-15-21)25(20-12-16-22(27)17-13-20)24-9-5-4-8-23(24)18-6-2-1-3-7-18/h1-17,25H,26-27H2. The number of anilines is 2. The molecule has 0 atom stereocenters. The van der Waals surface area contributed by atoms with Crippen LogP contribution in [0.15, 0.2) is 103 Å². The minimum atomic E-state index is 0.0996. The minimum Gasteiger partial charge on any atom is -0.399 e. The third-order valence-electron chi connectivity index (χ3n) is 4.90. The van der Waals surface area contributed by atoms with Gasteiger partial charge in [-0.1, -0.05) is 78.9 Å². The van der Waals surface area contributed by atoms with Crippen molar-refractivity contribution in [3.05, 3.63) is 120 Å². The summed E-state index contributed by atoms with van der Waals surface area (Å²) in [7, 11) is 0. The predicted molar refractivity (Wildman–Crippen MR) is 115 cm³/mol. The monoisotopic (exact) mass is 350 g/mol. The van der Waals surface area contributed by atoms with Gasteiger partial charge in [-0.25, -0.2) is 0 Å². The first-order chi connectivity index (χ1) is 13.2. The second kappa shape index (κ2) is 7.38. The first kappa shape index (κ1) is 16.9. The molecular formula is C25H22N2. The Labute approximate surface area is 160 Å². The van der Waals surface area contributed by atoms with E-state index in [1.807, 2.05) is 30.3 Å². The summed E-state index contributed by atoms with van der Waals surface area (Å²) in [5.41, 5.74) is 19.5. The van der Waals surface area contributed by atoms with Crippen molar-refractivity contribution in [3.63, 3.8) is 0 Å². The van der Waals surface area contributed by atoms with Crippen LogP contribution in [-0.2, 0) is 0 Å². The Bertz CT molecular complexity index is 974. The Morgan fingerprint density at radius 3 is 1.52 bits per heavy atom. The Morgan fingerprint density at radius 1 is 0.481 bits per heavy atom. The van der Waals surface area contributed by atoms with Crippen LogP contribution in [0.3, 0.4) is 0 Å². The van der Waals surface area contributed by atoms with Crippen molar-refractivity contribution in [3.8, 4) is 11.1 Å². The van der Waals surface area contributed by atoms with Gasteiger partial charge in [0.1, 0.15) is 0 Å². The summed E-state index contributed by atoms with van der Waals surface area (Å²) in [6, 6.07) is 35.4. The van der Waals surface area contributed by atoms with Gasteiger partial charge in [0.05, 0.1) is 0 Å². The van der Waals surface area contributed by atoms with Gasteiger partial charge in [0.15, 0.2) is 0 Å². The molecule has 0 saturated heterocycles. The van der Waals surface area contributed by atoms with Crippen molar-refractivity contribution in [2.24, 2.45) is 0 Å². The zero-order chi connectivity index (χ0) is 18.6. The highest BCUT2D eigenvalue weighted by atomic mass is 14.5. The first-order valence-corrected chi connectivity index (χ1v) is 9.07. The molecule has 2 nitrogen and oxygen atoms in total. The molecular weight excluding hydrogens is 328 g/mol. The summed E-state index contributed by atoms with van der Waals surface area (Å²) in [5.74, 6) is 0.0996. The highest BCUT2D eigenvalue weighted by Crippen LogP contribution is 2.38. The van der Waals surface area contributed by atoms with E-state index in [2.05, 4.69) is 72.8 Å². The molecule has 132 valence electrons. The van der Waals surface area contributed by atoms with E-state index in [9.17, 15) is 0 Å². The molecule has 0 unspecified atom stereocenters. The van der Waals surface area contributed by atoms with Crippen molar-refractivity contribution < 1.29 is 0 Å². The summed E-state index contributed by atoms with van der Waals surface area (Å²) in [6.45, 7) is 0. The molecule has 0 spiro atoms. The highest BCUT2D eigenvalue weighted by Gasteiger charge is 2.20. The van der Waals surface area contributed by atoms with Crippen LogP contribution in [0.4, 0.5) is 11.4 Å². The molecule has 0 radical (unpaired) electrons. The number of benzene rings is 4. The predicted octanol–water partition coefficient (Wildman–Crippen LogP) is 5.70. The maximum Gasteiger partial charge on any atom is 0.0346 e. The van der Waals surface area contributed by atoms with E-state index in [-0.39, 0.29) is 5.92 Å². The Kier molecular flexibility index (Phi) is 4.63. The maximum atomic E-state index is 5.93. The summed E-state index contributed by atoms with van der Waals surface area (Å²) in [4.78, 5) is 0. The molecule has 0 fully saturated rings. The Hall–Kier alpha value is -3.52. The first-order valence-electron chi connectivity index (χ1n) is 9.07. The van der Waals surface area contributed by atoms with Crippen LogP contribution >= 0.6 is 0 Å². The van der Waals surface area contributed by atoms with Gasteiger partial charge in [0, 0.05) is 17.3 Å². The van der Waals surface area contributed by atoms with Crippen LogP contribution in [0, 0.1) is 0 Å². The van der Waals surface area contributed by atoms with Crippen molar-refractivity contribution in [2.45, 2.75) is 5.92 Å². The van der Waals surface area contributed by atoms with Gasteiger partial charge in [-0.3, -0.25) is 0 Å². The molecule has 27 heavy (non-hydrogen) atoms. The molecule has 4 N–H and O–H groups in total. The zero-order valence-electron chi connectivity index (χ0n) is 15.0. The average Bonchev–Trinajstić information content (AvgIpc) is 2.72. The molecule has 0 saturated carbocycles. The second-order valence-corrected chi connectivity index (χ2v) is 6.72. The smallest absolute Gasteiger partial charge is 0.0346 e. The largest absolute Gasteiger partial charge is 0.399 e. The molecule has 4 aromatic carbocycles. The lowest BCUT2D eigenvalue weighted by Crippen LogP contribution is -2.06. The van der Waals surface area contributed by atoms with Gasteiger partial charge in [0.2, 0.25) is 0 Å². The molecule has 0 aliphatic heterocycles. The lowest BCUT2D eigenvalue weighted by atomic mass is 9.81. The fourth-order valence-corrected chi connectivity index (χ4v) is 3.56. The molecule has 0 aliphatic rings. The van der Waals surface area contributed by atoms with Crippen LogP contribution in [0.5, 0.6) is 0 Å². The van der Waals surface area contributed by atoms with Crippen LogP contribution in [0.1, 0.15) is 22.6 Å². The van der Waals surface area contributed by atoms with Crippen molar-refractivity contribution in [1.82, 2.24) is 0 Å². The quantitative estimate of drug-likeness (QED) is 0.366. The van der Waals surface area contributed by atoms with Crippen LogP contribution in [0.25, 0.3) is 11.1 Å². The zero-order valence-corrected chi connectivity index (χ0v) is 15.0. The molecule has 0 amide bonds. The molecule has 4 aromatic rings. The molecule has 0 aliphatic carbocycles. The van der Waals surface area contributed by atoms with Gasteiger partial charge < -0.3 is 11.5 Å². The van der Waals surface area contributed by atoms with Crippen molar-refractivity contribution >= 4 is 11.4 Å². The fourth-order valence-electron chi connectivity index (χ4n) is 3.56. The summed E-state index contributed by atoms with van der Waals surface area (Å²) in [5, 5.41) is 0. The molecule has 0 bridgehead atoms. The third-order valence-corrected chi connectivity index (χ3v) is 4.90. The lowest BCUT2D eigenvalue weighted by molar-refractivity contribution is 0.980. The third kappa shape index (κ3) is 3.56. The van der Waals surface area contributed by atoms with Gasteiger partial charge in [-0.2, -0.15) is 0 Å². The molecule has 0 aromatic heterocycles. The average molecular weight is 350 g/mol. The SMILES string of the molecule is Nc1ccc(C(c2ccc(N)cc2)c2ccccc2-c2ccccc2)cc1. The maximum absolute atomic E-state index is 5.93. The fraction of sp³-hybridized carbons (Fsp3) is 0.0400. The summed E-state index contributed by atoms with van der Waals surface area (Å²) >= 11 is 0. The normalized spacial score (nSPS) is 10.9. The number of nitrogen functional groups attached to an aromatic ring is 2. The van der Waals surface area contributed by atoms with Gasteiger partial charge in [-0.05, 0) is 52.1 Å². The van der Waals surface area contributed by atoms with Crippen LogP contribution in [-0.4, -0.2) is 0 Å². The number of hydrogen-bond acceptors (Lipinski definition) is 2. The highest BCUT2D eigenvalue weighted by molar-refractivity contribution is 5.70.